The molecule has 89 heavy (non-hydrogen) atoms. The van der Waals surface area contributed by atoms with Gasteiger partial charge in [0.05, 0.1) is 99.7 Å². The maximum Gasteiger partial charge on any atom is 0.274 e. The third-order valence-corrected chi connectivity index (χ3v) is 19.5. The summed E-state index contributed by atoms with van der Waals surface area (Å²) in [5.41, 5.74) is 20.3. The predicted octanol–water partition coefficient (Wildman–Crippen LogP) is 21.1. The number of hydrogen-bond acceptors (Lipinski definition) is 21. The van der Waals surface area contributed by atoms with Crippen LogP contribution in [0.2, 0.25) is 0 Å². The van der Waals surface area contributed by atoms with Crippen LogP contribution in [0, 0.1) is 75.6 Å². The van der Waals surface area contributed by atoms with Gasteiger partial charge in [-0.05, 0) is 241 Å². The number of fused-ring (bicyclic) bond motifs is 4. The number of aliphatic imine (C=N–C) groups is 4. The van der Waals surface area contributed by atoms with Gasteiger partial charge >= 0.3 is 0 Å². The molecule has 0 fully saturated rings. The predicted molar refractivity (Wildman–Crippen MR) is 384 cm³/mol. The van der Waals surface area contributed by atoms with Crippen LogP contribution in [0.5, 0.6) is 0 Å². The van der Waals surface area contributed by atoms with Crippen LogP contribution in [0.4, 0.5) is 39.8 Å². The minimum Gasteiger partial charge on any atom is -0.377 e. The molecular weight excluding hydrogens is 1270 g/mol. The summed E-state index contributed by atoms with van der Waals surface area (Å²) in [5, 5.41) is 35.4. The largest absolute Gasteiger partial charge is 0.377 e. The Labute approximate surface area is 549 Å². The molecule has 0 aliphatic heterocycles. The SMILES string of the molecule is Cc1c([N+](=O)[O-])cc(C)c2sc(-c3ccc(N=C=S)cc3)nc12.Cc1cc(N(C)C)c(C)c2sc(-c3ccc(N=C=S)cc3)nc12.Cc1cc([N+](=O)[O-])c(C)c2sc(-c3ccc(N=C=S)cc3)nc12.Cc1ccc(C)c2sc(-c3ccc(N=C=S)cc3)nc12. The first-order valence-corrected chi connectivity index (χ1v) is 31.9. The van der Waals surface area contributed by atoms with Crippen LogP contribution in [-0.4, -0.2) is 64.5 Å². The highest BCUT2D eigenvalue weighted by molar-refractivity contribution is 7.78. The molecule has 0 atom stereocenters. The number of benzene rings is 8. The fourth-order valence-corrected chi connectivity index (χ4v) is 14.5. The van der Waals surface area contributed by atoms with Crippen LogP contribution in [0.1, 0.15) is 44.5 Å². The van der Waals surface area contributed by atoms with Crippen molar-refractivity contribution in [3.05, 3.63) is 192 Å². The Kier molecular flexibility index (Phi) is 20.7. The molecule has 0 saturated carbocycles. The van der Waals surface area contributed by atoms with Gasteiger partial charge in [-0.25, -0.2) is 19.9 Å². The average Bonchev–Trinajstić information content (AvgIpc) is 1.78. The molecular formula is C66H51N11O4S8. The van der Waals surface area contributed by atoms with Gasteiger partial charge in [-0.1, -0.05) is 12.1 Å². The van der Waals surface area contributed by atoms with E-state index in [9.17, 15) is 20.2 Å². The zero-order valence-corrected chi connectivity index (χ0v) is 56.0. The van der Waals surface area contributed by atoms with E-state index in [-0.39, 0.29) is 21.2 Å². The summed E-state index contributed by atoms with van der Waals surface area (Å²) in [7, 11) is 4.15. The van der Waals surface area contributed by atoms with Crippen molar-refractivity contribution >= 4 is 196 Å². The topological polar surface area (TPSA) is 191 Å². The first kappa shape index (κ1) is 64.6. The number of anilines is 1. The van der Waals surface area contributed by atoms with Crippen LogP contribution in [0.15, 0.2) is 147 Å². The molecule has 15 nitrogen and oxygen atoms in total. The van der Waals surface area contributed by atoms with Crippen LogP contribution in [0.3, 0.4) is 0 Å². The van der Waals surface area contributed by atoms with E-state index in [4.69, 9.17) is 9.97 Å². The normalized spacial score (nSPS) is 10.5. The van der Waals surface area contributed by atoms with Crippen LogP contribution in [-0.2, 0) is 0 Å². The smallest absolute Gasteiger partial charge is 0.274 e. The zero-order valence-electron chi connectivity index (χ0n) is 49.4. The minimum absolute atomic E-state index is 0.109. The molecule has 0 aliphatic carbocycles. The van der Waals surface area contributed by atoms with Gasteiger partial charge in [0.2, 0.25) is 0 Å². The van der Waals surface area contributed by atoms with Crippen LogP contribution >= 0.6 is 94.2 Å². The first-order valence-electron chi connectivity index (χ1n) is 27.0. The van der Waals surface area contributed by atoms with E-state index in [1.807, 2.05) is 111 Å². The van der Waals surface area contributed by atoms with E-state index in [0.717, 1.165) is 102 Å². The Morgan fingerprint density at radius 3 is 1.04 bits per heavy atom. The highest BCUT2D eigenvalue weighted by atomic mass is 32.1. The molecule has 0 unspecified atom stereocenters. The Balaban J connectivity index is 0.000000141. The van der Waals surface area contributed by atoms with Crippen molar-refractivity contribution in [3.8, 4) is 42.3 Å². The number of hydrogen-bond donors (Lipinski definition) is 0. The molecule has 0 saturated heterocycles. The molecule has 8 aromatic carbocycles. The quantitative estimate of drug-likeness (QED) is 0.0515. The minimum atomic E-state index is -0.362. The van der Waals surface area contributed by atoms with Gasteiger partial charge in [-0.3, -0.25) is 20.2 Å². The summed E-state index contributed by atoms with van der Waals surface area (Å²) in [4.78, 5) is 58.4. The zero-order chi connectivity index (χ0) is 63.8. The lowest BCUT2D eigenvalue weighted by atomic mass is 10.1. The average molecular weight is 1320 g/mol. The van der Waals surface area contributed by atoms with E-state index in [1.54, 1.807) is 48.7 Å². The summed E-state index contributed by atoms with van der Waals surface area (Å²) in [6, 6.07) is 40.5. The number of nitro benzene ring substituents is 2. The summed E-state index contributed by atoms with van der Waals surface area (Å²) < 4.78 is 4.35. The molecule has 0 bridgehead atoms. The second kappa shape index (κ2) is 28.5. The van der Waals surface area contributed by atoms with Crippen molar-refractivity contribution < 1.29 is 9.85 Å². The summed E-state index contributed by atoms with van der Waals surface area (Å²) in [6.07, 6.45) is 0. The maximum atomic E-state index is 11.2. The molecule has 0 amide bonds. The van der Waals surface area contributed by atoms with Gasteiger partial charge in [0.1, 0.15) is 20.0 Å². The standard InChI is InChI=1S/C18H17N3S2.2C16H11N3O2S2.C16H12N2S2/c1-11-9-15(21(3)4)12(2)17-16(11)20-18(23-17)13-5-7-14(8-6-13)19-10-22;1-9-7-13(19(20)21)10(2)14-15(9)23-16(18-14)11-3-5-12(6-4-11)17-8-22;1-9-7-13(19(20)21)10(2)15-14(9)18-16(23-15)11-3-5-12(6-4-11)17-8-22;1-10-3-4-11(2)15-14(10)18-16(20-15)12-5-7-13(8-6-12)17-9-19/h5-9H,1-4H3;2*3-7H,1-2H3;3-8H,1-2H3. The van der Waals surface area contributed by atoms with Gasteiger partial charge in [0, 0.05) is 59.7 Å². The number of rotatable bonds is 11. The third kappa shape index (κ3) is 14.5. The lowest BCUT2D eigenvalue weighted by Gasteiger charge is -2.16. The number of aromatic nitrogens is 4. The van der Waals surface area contributed by atoms with E-state index in [0.29, 0.717) is 16.6 Å². The molecule has 23 heteroatoms. The Bertz CT molecular complexity index is 4730. The molecule has 12 rings (SSSR count). The third-order valence-electron chi connectivity index (χ3n) is 14.2. The van der Waals surface area contributed by atoms with E-state index >= 15 is 0 Å². The Morgan fingerprint density at radius 1 is 0.382 bits per heavy atom. The van der Waals surface area contributed by atoms with Crippen molar-refractivity contribution in [1.82, 2.24) is 19.9 Å². The van der Waals surface area contributed by atoms with E-state index in [2.05, 4.69) is 164 Å². The molecule has 442 valence electrons. The number of isothiocyanates is 4. The molecule has 0 spiro atoms. The van der Waals surface area contributed by atoms with Crippen molar-refractivity contribution in [2.45, 2.75) is 55.4 Å². The van der Waals surface area contributed by atoms with Gasteiger partial charge in [0.15, 0.2) is 0 Å². The van der Waals surface area contributed by atoms with E-state index < -0.39 is 0 Å². The fourth-order valence-electron chi connectivity index (χ4n) is 9.54. The van der Waals surface area contributed by atoms with Crippen molar-refractivity contribution in [1.29, 1.82) is 0 Å². The monoisotopic (exact) mass is 1320 g/mol. The molecule has 0 N–H and O–H groups in total. The lowest BCUT2D eigenvalue weighted by Crippen LogP contribution is -2.10. The van der Waals surface area contributed by atoms with Crippen molar-refractivity contribution in [2.24, 2.45) is 20.0 Å². The number of aryl methyl sites for hydroxylation is 8. The van der Waals surface area contributed by atoms with Crippen LogP contribution in [0.25, 0.3) is 83.2 Å². The fraction of sp³-hybridized carbons (Fsp3) is 0.152. The van der Waals surface area contributed by atoms with Crippen molar-refractivity contribution in [3.63, 3.8) is 0 Å². The van der Waals surface area contributed by atoms with E-state index in [1.165, 1.54) is 60.0 Å². The van der Waals surface area contributed by atoms with Gasteiger partial charge in [-0.2, -0.15) is 20.0 Å². The lowest BCUT2D eigenvalue weighted by molar-refractivity contribution is -0.385. The second-order valence-electron chi connectivity index (χ2n) is 20.4. The number of thiocarbonyl (C=S) groups is 4. The molecule has 4 heterocycles. The Morgan fingerprint density at radius 2 is 0.685 bits per heavy atom. The number of nitrogens with zero attached hydrogens (tertiary/aromatic N) is 11. The van der Waals surface area contributed by atoms with Crippen LogP contribution < -0.4 is 4.90 Å². The van der Waals surface area contributed by atoms with Gasteiger partial charge in [-0.15, -0.1) is 45.3 Å². The molecule has 0 aliphatic rings. The molecule has 4 aromatic heterocycles. The summed E-state index contributed by atoms with van der Waals surface area (Å²) >= 11 is 24.9. The summed E-state index contributed by atoms with van der Waals surface area (Å²) in [5.74, 6) is 0. The highest BCUT2D eigenvalue weighted by Crippen LogP contribution is 2.42. The van der Waals surface area contributed by atoms with Gasteiger partial charge < -0.3 is 4.90 Å². The van der Waals surface area contributed by atoms with Gasteiger partial charge in [0.25, 0.3) is 11.4 Å². The number of thiazole rings is 4. The number of nitro groups is 2. The Hall–Kier alpha value is -8.88. The second-order valence-corrected chi connectivity index (χ2v) is 25.1. The summed E-state index contributed by atoms with van der Waals surface area (Å²) in [6.45, 7) is 15.7. The maximum absolute atomic E-state index is 11.2. The van der Waals surface area contributed by atoms with Crippen molar-refractivity contribution in [2.75, 3.05) is 19.0 Å². The first-order chi connectivity index (χ1) is 42.7. The molecule has 0 radical (unpaired) electrons. The highest BCUT2D eigenvalue weighted by Gasteiger charge is 2.22. The molecule has 12 aromatic rings.